The number of hydrogen-bond donors (Lipinski definition) is 3. The number of phenols is 1. The van der Waals surface area contributed by atoms with Crippen molar-refractivity contribution < 1.29 is 19.0 Å². The Labute approximate surface area is 86.4 Å². The lowest BCUT2D eigenvalue weighted by atomic mass is 10.2. The Kier molecular flexibility index (Phi) is 4.45. The van der Waals surface area contributed by atoms with Crippen LogP contribution in [0, 0.1) is 11.6 Å². The van der Waals surface area contributed by atoms with Crippen molar-refractivity contribution >= 4 is 0 Å². The molecule has 1 rings (SSSR count). The number of benzene rings is 1. The smallest absolute Gasteiger partial charge is 0.187 e. The van der Waals surface area contributed by atoms with Gasteiger partial charge in [0.15, 0.2) is 17.4 Å². The van der Waals surface area contributed by atoms with Gasteiger partial charge in [0.25, 0.3) is 0 Å². The van der Waals surface area contributed by atoms with Gasteiger partial charge in [0, 0.05) is 13.2 Å². The van der Waals surface area contributed by atoms with E-state index in [2.05, 4.69) is 5.32 Å². The molecule has 0 fully saturated rings. The zero-order valence-electron chi connectivity index (χ0n) is 8.13. The van der Waals surface area contributed by atoms with Gasteiger partial charge >= 0.3 is 0 Å². The van der Waals surface area contributed by atoms with Gasteiger partial charge in [-0.05, 0) is 30.7 Å². The van der Waals surface area contributed by atoms with Crippen molar-refractivity contribution in [3.8, 4) is 5.75 Å². The van der Waals surface area contributed by atoms with E-state index < -0.39 is 17.4 Å². The van der Waals surface area contributed by atoms with Gasteiger partial charge in [0.1, 0.15) is 0 Å². The fraction of sp³-hybridized carbons (Fsp3) is 0.400. The second-order valence-corrected chi connectivity index (χ2v) is 3.16. The number of rotatable bonds is 5. The Bertz CT molecular complexity index is 308. The molecule has 0 aliphatic carbocycles. The molecule has 0 aromatic heterocycles. The molecule has 0 spiro atoms. The lowest BCUT2D eigenvalue weighted by Gasteiger charge is -2.05. The highest BCUT2D eigenvalue weighted by atomic mass is 19.1. The minimum absolute atomic E-state index is 0.0747. The summed E-state index contributed by atoms with van der Waals surface area (Å²) in [5, 5.41) is 20.2. The van der Waals surface area contributed by atoms with Gasteiger partial charge in [-0.15, -0.1) is 0 Å². The average Bonchev–Trinajstić information content (AvgIpc) is 2.21. The molecular formula is C10H13F2NO2. The van der Waals surface area contributed by atoms with Gasteiger partial charge in [0.05, 0.1) is 0 Å². The number of phenolic OH excluding ortho intramolecular Hbond substituents is 1. The topological polar surface area (TPSA) is 52.5 Å². The summed E-state index contributed by atoms with van der Waals surface area (Å²) in [6.07, 6.45) is 0.586. The van der Waals surface area contributed by atoms with Gasteiger partial charge < -0.3 is 15.5 Å². The molecule has 0 atom stereocenters. The first kappa shape index (κ1) is 11.9. The van der Waals surface area contributed by atoms with E-state index in [1.54, 1.807) is 0 Å². The monoisotopic (exact) mass is 217 g/mol. The molecule has 1 aromatic carbocycles. The molecule has 0 unspecified atom stereocenters. The van der Waals surface area contributed by atoms with Crippen LogP contribution in [-0.4, -0.2) is 23.4 Å². The normalized spacial score (nSPS) is 10.6. The van der Waals surface area contributed by atoms with E-state index in [0.29, 0.717) is 25.1 Å². The van der Waals surface area contributed by atoms with Crippen LogP contribution in [-0.2, 0) is 6.54 Å². The second kappa shape index (κ2) is 5.63. The molecule has 5 heteroatoms. The van der Waals surface area contributed by atoms with Crippen LogP contribution in [0.25, 0.3) is 0 Å². The van der Waals surface area contributed by atoms with E-state index in [0.717, 1.165) is 12.1 Å². The second-order valence-electron chi connectivity index (χ2n) is 3.16. The molecule has 3 N–H and O–H groups in total. The number of aromatic hydroxyl groups is 1. The van der Waals surface area contributed by atoms with Gasteiger partial charge in [0.2, 0.25) is 0 Å². The molecule has 3 nitrogen and oxygen atoms in total. The van der Waals surface area contributed by atoms with Crippen LogP contribution >= 0.6 is 0 Å². The van der Waals surface area contributed by atoms with Crippen LogP contribution in [0.4, 0.5) is 8.78 Å². The quantitative estimate of drug-likeness (QED) is 0.648. The zero-order chi connectivity index (χ0) is 11.3. The predicted molar refractivity (Wildman–Crippen MR) is 51.4 cm³/mol. The van der Waals surface area contributed by atoms with Crippen molar-refractivity contribution in [3.63, 3.8) is 0 Å². The van der Waals surface area contributed by atoms with Crippen LogP contribution in [0.2, 0.25) is 0 Å². The number of aliphatic hydroxyl groups excluding tert-OH is 1. The summed E-state index contributed by atoms with van der Waals surface area (Å²) < 4.78 is 25.7. The lowest BCUT2D eigenvalue weighted by Crippen LogP contribution is -2.15. The van der Waals surface area contributed by atoms with Crippen LogP contribution in [0.3, 0.4) is 0 Å². The highest BCUT2D eigenvalue weighted by molar-refractivity contribution is 5.29. The third-order valence-electron chi connectivity index (χ3n) is 1.92. The van der Waals surface area contributed by atoms with Gasteiger partial charge in [-0.3, -0.25) is 0 Å². The largest absolute Gasteiger partial charge is 0.503 e. The zero-order valence-corrected chi connectivity index (χ0v) is 8.13. The summed E-state index contributed by atoms with van der Waals surface area (Å²) in [6, 6.07) is 2.15. The van der Waals surface area contributed by atoms with E-state index >= 15 is 0 Å². The van der Waals surface area contributed by atoms with Crippen molar-refractivity contribution in [1.82, 2.24) is 5.32 Å². The van der Waals surface area contributed by atoms with Crippen LogP contribution in [0.1, 0.15) is 12.0 Å². The number of aliphatic hydroxyl groups is 1. The first-order valence-corrected chi connectivity index (χ1v) is 4.63. The highest BCUT2D eigenvalue weighted by Crippen LogP contribution is 2.21. The number of halogens is 2. The van der Waals surface area contributed by atoms with Gasteiger partial charge in [-0.2, -0.15) is 0 Å². The first-order valence-electron chi connectivity index (χ1n) is 4.63. The Morgan fingerprint density at radius 3 is 2.33 bits per heavy atom. The Morgan fingerprint density at radius 1 is 1.20 bits per heavy atom. The molecule has 0 aliphatic rings. The Morgan fingerprint density at radius 2 is 1.80 bits per heavy atom. The van der Waals surface area contributed by atoms with Crippen molar-refractivity contribution in [2.75, 3.05) is 13.2 Å². The SMILES string of the molecule is OCCCNCc1cc(F)c(O)c(F)c1. The van der Waals surface area contributed by atoms with Crippen LogP contribution < -0.4 is 5.32 Å². The summed E-state index contributed by atoms with van der Waals surface area (Å²) >= 11 is 0. The Hall–Kier alpha value is -1.20. The van der Waals surface area contributed by atoms with Gasteiger partial charge in [-0.1, -0.05) is 0 Å². The third-order valence-corrected chi connectivity index (χ3v) is 1.92. The number of nitrogens with one attached hydrogen (secondary N) is 1. The fourth-order valence-corrected chi connectivity index (χ4v) is 1.16. The predicted octanol–water partition coefficient (Wildman–Crippen LogP) is 1.14. The maximum Gasteiger partial charge on any atom is 0.187 e. The third kappa shape index (κ3) is 3.45. The molecule has 0 heterocycles. The first-order chi connectivity index (χ1) is 7.15. The maximum atomic E-state index is 12.9. The van der Waals surface area contributed by atoms with E-state index in [4.69, 9.17) is 10.2 Å². The molecular weight excluding hydrogens is 204 g/mol. The van der Waals surface area contributed by atoms with Crippen molar-refractivity contribution in [2.24, 2.45) is 0 Å². The summed E-state index contributed by atoms with van der Waals surface area (Å²) in [5.74, 6) is -2.88. The van der Waals surface area contributed by atoms with Crippen molar-refractivity contribution in [2.45, 2.75) is 13.0 Å². The molecule has 84 valence electrons. The summed E-state index contributed by atoms with van der Waals surface area (Å²) in [5.41, 5.74) is 0.417. The number of hydrogen-bond acceptors (Lipinski definition) is 3. The minimum atomic E-state index is -0.964. The summed E-state index contributed by atoms with van der Waals surface area (Å²) in [4.78, 5) is 0. The van der Waals surface area contributed by atoms with E-state index in [-0.39, 0.29) is 6.61 Å². The molecule has 0 bridgehead atoms. The van der Waals surface area contributed by atoms with Crippen molar-refractivity contribution in [3.05, 3.63) is 29.3 Å². The van der Waals surface area contributed by atoms with E-state index in [9.17, 15) is 8.78 Å². The molecule has 0 aliphatic heterocycles. The maximum absolute atomic E-state index is 12.9. The molecule has 0 saturated heterocycles. The summed E-state index contributed by atoms with van der Waals surface area (Å²) in [7, 11) is 0. The lowest BCUT2D eigenvalue weighted by molar-refractivity contribution is 0.286. The fourth-order valence-electron chi connectivity index (χ4n) is 1.16. The average molecular weight is 217 g/mol. The molecule has 1 aromatic rings. The highest BCUT2D eigenvalue weighted by Gasteiger charge is 2.08. The minimum Gasteiger partial charge on any atom is -0.503 e. The Balaban J connectivity index is 2.55. The van der Waals surface area contributed by atoms with Crippen LogP contribution in [0.5, 0.6) is 5.75 Å². The van der Waals surface area contributed by atoms with E-state index in [1.807, 2.05) is 0 Å². The molecule has 15 heavy (non-hydrogen) atoms. The molecule has 0 saturated carbocycles. The summed E-state index contributed by atoms with van der Waals surface area (Å²) in [6.45, 7) is 0.944. The molecule has 0 amide bonds. The molecule has 0 radical (unpaired) electrons. The van der Waals surface area contributed by atoms with Gasteiger partial charge in [-0.25, -0.2) is 8.78 Å². The van der Waals surface area contributed by atoms with Crippen LogP contribution in [0.15, 0.2) is 12.1 Å². The standard InChI is InChI=1S/C10H13F2NO2/c11-8-4-7(5-9(12)10(8)15)6-13-2-1-3-14/h4-5,13-15H,1-3,6H2. The van der Waals surface area contributed by atoms with E-state index in [1.165, 1.54) is 0 Å². The van der Waals surface area contributed by atoms with Crippen molar-refractivity contribution in [1.29, 1.82) is 0 Å².